The van der Waals surface area contributed by atoms with Crippen molar-refractivity contribution in [2.45, 2.75) is 13.3 Å². The second-order valence-electron chi connectivity index (χ2n) is 4.09. The number of anilines is 2. The molecule has 0 bridgehead atoms. The third-order valence-electron chi connectivity index (χ3n) is 2.49. The van der Waals surface area contributed by atoms with Gasteiger partial charge in [0.2, 0.25) is 0 Å². The molecule has 0 aliphatic rings. The van der Waals surface area contributed by atoms with Crippen LogP contribution in [0.3, 0.4) is 0 Å². The van der Waals surface area contributed by atoms with Crippen molar-refractivity contribution in [1.82, 2.24) is 4.98 Å². The highest BCUT2D eigenvalue weighted by molar-refractivity contribution is 9.09. The Morgan fingerprint density at radius 1 is 1.22 bits per heavy atom. The highest BCUT2D eigenvalue weighted by Crippen LogP contribution is 2.17. The van der Waals surface area contributed by atoms with Crippen LogP contribution in [0.4, 0.5) is 15.9 Å². The van der Waals surface area contributed by atoms with Crippen molar-refractivity contribution in [3.8, 4) is 0 Å². The first-order valence-electron chi connectivity index (χ1n) is 5.73. The summed E-state index contributed by atoms with van der Waals surface area (Å²) in [6.45, 7) is 2.04. The van der Waals surface area contributed by atoms with E-state index in [-0.39, 0.29) is 5.82 Å². The molecular formula is C14H14BrFN2. The fourth-order valence-electron chi connectivity index (χ4n) is 1.71. The summed E-state index contributed by atoms with van der Waals surface area (Å²) >= 11 is 3.41. The van der Waals surface area contributed by atoms with Crippen molar-refractivity contribution in [1.29, 1.82) is 0 Å². The normalized spacial score (nSPS) is 10.4. The van der Waals surface area contributed by atoms with Gasteiger partial charge in [0.25, 0.3) is 0 Å². The van der Waals surface area contributed by atoms with Crippen LogP contribution in [-0.4, -0.2) is 10.3 Å². The standard InChI is InChI=1S/C14H14BrFN2/c1-10-8-13(6-7-15)18-14(9-10)17-12-4-2-11(16)3-5-12/h2-5,8-9H,6-7H2,1H3,(H,17,18). The second-order valence-corrected chi connectivity index (χ2v) is 4.88. The Kier molecular flexibility index (Phi) is 4.31. The number of benzene rings is 1. The third-order valence-corrected chi connectivity index (χ3v) is 2.89. The molecule has 0 saturated carbocycles. The minimum Gasteiger partial charge on any atom is -0.340 e. The monoisotopic (exact) mass is 308 g/mol. The first-order chi connectivity index (χ1) is 8.67. The molecule has 18 heavy (non-hydrogen) atoms. The van der Waals surface area contributed by atoms with Crippen LogP contribution in [-0.2, 0) is 6.42 Å². The number of aromatic nitrogens is 1. The summed E-state index contributed by atoms with van der Waals surface area (Å²) in [5, 5.41) is 4.07. The Morgan fingerprint density at radius 2 is 1.94 bits per heavy atom. The molecule has 1 N–H and O–H groups in total. The average molecular weight is 309 g/mol. The smallest absolute Gasteiger partial charge is 0.130 e. The van der Waals surface area contributed by atoms with Crippen molar-refractivity contribution in [3.05, 3.63) is 53.5 Å². The van der Waals surface area contributed by atoms with Gasteiger partial charge in [-0.2, -0.15) is 0 Å². The Balaban J connectivity index is 2.20. The quantitative estimate of drug-likeness (QED) is 0.856. The molecule has 0 spiro atoms. The lowest BCUT2D eigenvalue weighted by atomic mass is 10.2. The molecule has 1 aromatic heterocycles. The van der Waals surface area contributed by atoms with Gasteiger partial charge in [0.15, 0.2) is 0 Å². The van der Waals surface area contributed by atoms with Crippen LogP contribution in [0.5, 0.6) is 0 Å². The Hall–Kier alpha value is -1.42. The lowest BCUT2D eigenvalue weighted by molar-refractivity contribution is 0.628. The van der Waals surface area contributed by atoms with Gasteiger partial charge in [-0.3, -0.25) is 0 Å². The van der Waals surface area contributed by atoms with Gasteiger partial charge < -0.3 is 5.32 Å². The Labute approximate surface area is 114 Å². The summed E-state index contributed by atoms with van der Waals surface area (Å²) in [7, 11) is 0. The number of nitrogens with zero attached hydrogens (tertiary/aromatic N) is 1. The Morgan fingerprint density at radius 3 is 2.61 bits per heavy atom. The van der Waals surface area contributed by atoms with E-state index in [4.69, 9.17) is 0 Å². The number of hydrogen-bond donors (Lipinski definition) is 1. The lowest BCUT2D eigenvalue weighted by Crippen LogP contribution is -1.99. The van der Waals surface area contributed by atoms with E-state index in [0.717, 1.165) is 34.5 Å². The van der Waals surface area contributed by atoms with E-state index in [1.807, 2.05) is 13.0 Å². The summed E-state index contributed by atoms with van der Waals surface area (Å²) in [5.74, 6) is 0.551. The number of halogens is 2. The molecule has 0 atom stereocenters. The largest absolute Gasteiger partial charge is 0.340 e. The fraction of sp³-hybridized carbons (Fsp3) is 0.214. The predicted molar refractivity (Wildman–Crippen MR) is 76.2 cm³/mol. The molecule has 0 fully saturated rings. The van der Waals surface area contributed by atoms with E-state index in [1.165, 1.54) is 12.1 Å². The van der Waals surface area contributed by atoms with Crippen molar-refractivity contribution >= 4 is 27.4 Å². The SMILES string of the molecule is Cc1cc(CCBr)nc(Nc2ccc(F)cc2)c1. The van der Waals surface area contributed by atoms with Crippen molar-refractivity contribution in [2.75, 3.05) is 10.6 Å². The highest BCUT2D eigenvalue weighted by atomic mass is 79.9. The van der Waals surface area contributed by atoms with Gasteiger partial charge in [-0.15, -0.1) is 0 Å². The molecule has 94 valence electrons. The molecular weight excluding hydrogens is 295 g/mol. The maximum absolute atomic E-state index is 12.8. The molecule has 2 aromatic rings. The zero-order valence-electron chi connectivity index (χ0n) is 10.1. The van der Waals surface area contributed by atoms with Crippen LogP contribution in [0.1, 0.15) is 11.3 Å². The van der Waals surface area contributed by atoms with E-state index in [0.29, 0.717) is 0 Å². The Bertz CT molecular complexity index is 526. The van der Waals surface area contributed by atoms with E-state index < -0.39 is 0 Å². The fourth-order valence-corrected chi connectivity index (χ4v) is 2.12. The summed E-state index contributed by atoms with van der Waals surface area (Å²) < 4.78 is 12.8. The highest BCUT2D eigenvalue weighted by Gasteiger charge is 2.01. The summed E-state index contributed by atoms with van der Waals surface area (Å²) in [5.41, 5.74) is 3.03. The van der Waals surface area contributed by atoms with Crippen molar-refractivity contribution in [2.24, 2.45) is 0 Å². The molecule has 0 radical (unpaired) electrons. The van der Waals surface area contributed by atoms with Crippen LogP contribution in [0.2, 0.25) is 0 Å². The molecule has 0 unspecified atom stereocenters. The minimum atomic E-state index is -0.238. The van der Waals surface area contributed by atoms with E-state index in [9.17, 15) is 4.39 Å². The number of pyridine rings is 1. The predicted octanol–water partition coefficient (Wildman–Crippen LogP) is 4.21. The van der Waals surface area contributed by atoms with Crippen LogP contribution in [0.25, 0.3) is 0 Å². The summed E-state index contributed by atoms with van der Waals surface area (Å²) in [6, 6.07) is 10.3. The molecule has 0 saturated heterocycles. The van der Waals surface area contributed by atoms with E-state index in [1.54, 1.807) is 12.1 Å². The topological polar surface area (TPSA) is 24.9 Å². The van der Waals surface area contributed by atoms with E-state index >= 15 is 0 Å². The first kappa shape index (κ1) is 13.0. The molecule has 2 nitrogen and oxygen atoms in total. The maximum atomic E-state index is 12.8. The average Bonchev–Trinajstić information content (AvgIpc) is 2.32. The molecule has 2 rings (SSSR count). The number of nitrogens with one attached hydrogen (secondary N) is 1. The van der Waals surface area contributed by atoms with Gasteiger partial charge in [-0.1, -0.05) is 15.9 Å². The summed E-state index contributed by atoms with van der Waals surface area (Å²) in [6.07, 6.45) is 0.889. The zero-order valence-corrected chi connectivity index (χ0v) is 11.7. The van der Waals surface area contributed by atoms with Gasteiger partial charge in [-0.05, 0) is 55.3 Å². The molecule has 4 heteroatoms. The van der Waals surface area contributed by atoms with Crippen molar-refractivity contribution < 1.29 is 4.39 Å². The molecule has 0 amide bonds. The minimum absolute atomic E-state index is 0.238. The van der Waals surface area contributed by atoms with Gasteiger partial charge in [0.1, 0.15) is 11.6 Å². The summed E-state index contributed by atoms with van der Waals surface area (Å²) in [4.78, 5) is 4.51. The van der Waals surface area contributed by atoms with Crippen molar-refractivity contribution in [3.63, 3.8) is 0 Å². The molecule has 1 aromatic carbocycles. The second kappa shape index (κ2) is 5.96. The number of alkyl halides is 1. The van der Waals surface area contributed by atoms with Gasteiger partial charge in [-0.25, -0.2) is 9.37 Å². The number of rotatable bonds is 4. The molecule has 0 aliphatic heterocycles. The first-order valence-corrected chi connectivity index (χ1v) is 6.85. The van der Waals surface area contributed by atoms with Gasteiger partial charge in [0, 0.05) is 16.7 Å². The maximum Gasteiger partial charge on any atom is 0.130 e. The van der Waals surface area contributed by atoms with Gasteiger partial charge >= 0.3 is 0 Å². The van der Waals surface area contributed by atoms with Crippen LogP contribution in [0, 0.1) is 12.7 Å². The number of aryl methyl sites for hydroxylation is 2. The lowest BCUT2D eigenvalue weighted by Gasteiger charge is -2.08. The van der Waals surface area contributed by atoms with Crippen LogP contribution >= 0.6 is 15.9 Å². The van der Waals surface area contributed by atoms with E-state index in [2.05, 4.69) is 32.3 Å². The van der Waals surface area contributed by atoms with Crippen LogP contribution in [0.15, 0.2) is 36.4 Å². The number of hydrogen-bond acceptors (Lipinski definition) is 2. The van der Waals surface area contributed by atoms with Gasteiger partial charge in [0.05, 0.1) is 0 Å². The zero-order chi connectivity index (χ0) is 13.0. The molecule has 0 aliphatic carbocycles. The molecule has 1 heterocycles. The third kappa shape index (κ3) is 3.53. The van der Waals surface area contributed by atoms with Crippen LogP contribution < -0.4 is 5.32 Å².